The third kappa shape index (κ3) is 3.64. The lowest BCUT2D eigenvalue weighted by molar-refractivity contribution is -0.139. The normalized spacial score (nSPS) is 20.5. The Kier molecular flexibility index (Phi) is 5.02. The first-order chi connectivity index (χ1) is 13.0. The summed E-state index contributed by atoms with van der Waals surface area (Å²) in [6, 6.07) is 10.9. The zero-order valence-electron chi connectivity index (χ0n) is 15.4. The van der Waals surface area contributed by atoms with Gasteiger partial charge in [-0.1, -0.05) is 31.2 Å². The van der Waals surface area contributed by atoms with Crippen molar-refractivity contribution in [2.45, 2.75) is 44.7 Å². The summed E-state index contributed by atoms with van der Waals surface area (Å²) in [4.78, 5) is 27.6. The average molecular weight is 385 g/mol. The Balaban J connectivity index is 1.39. The van der Waals surface area contributed by atoms with Crippen LogP contribution in [0.5, 0.6) is 0 Å². The Morgan fingerprint density at radius 2 is 1.96 bits per heavy atom. The fourth-order valence-electron chi connectivity index (χ4n) is 4.12. The van der Waals surface area contributed by atoms with Crippen LogP contribution in [0, 0.1) is 0 Å². The molecule has 5 nitrogen and oxygen atoms in total. The lowest BCUT2D eigenvalue weighted by atomic mass is 9.85. The van der Waals surface area contributed by atoms with Crippen molar-refractivity contribution >= 4 is 23.2 Å². The Morgan fingerprint density at radius 3 is 2.70 bits per heavy atom. The molecule has 0 radical (unpaired) electrons. The van der Waals surface area contributed by atoms with Crippen molar-refractivity contribution in [1.82, 2.24) is 10.2 Å². The first-order valence-electron chi connectivity index (χ1n) is 9.52. The van der Waals surface area contributed by atoms with E-state index in [0.717, 1.165) is 30.6 Å². The molecule has 0 saturated heterocycles. The summed E-state index contributed by atoms with van der Waals surface area (Å²) >= 11 is 1.58. The van der Waals surface area contributed by atoms with Crippen LogP contribution >= 0.6 is 11.3 Å². The molecule has 4 rings (SSSR count). The van der Waals surface area contributed by atoms with E-state index < -0.39 is 5.97 Å². The number of thiophene rings is 1. The molecule has 1 aromatic heterocycles. The van der Waals surface area contributed by atoms with Crippen molar-refractivity contribution in [3.63, 3.8) is 0 Å². The molecular formula is C21H24N2O3S. The number of carbonyl (C=O) groups excluding carboxylic acids is 1. The standard InChI is InChI=1S/C21H24N2O3S/c1-2-23(12-19(24)25)16-10-15(11-16)22-21(26)18-9-14-8-7-13-5-3-4-6-17(13)20(14)27-18/h3-6,9,15-16H,2,7-8,10-12H2,1H3,(H,22,26)(H,24,25). The highest BCUT2D eigenvalue weighted by Gasteiger charge is 2.35. The highest BCUT2D eigenvalue weighted by Crippen LogP contribution is 2.39. The smallest absolute Gasteiger partial charge is 0.317 e. The summed E-state index contributed by atoms with van der Waals surface area (Å²) in [7, 11) is 0. The lowest BCUT2D eigenvalue weighted by Gasteiger charge is -2.42. The molecule has 0 spiro atoms. The summed E-state index contributed by atoms with van der Waals surface area (Å²) < 4.78 is 0. The number of hydrogen-bond donors (Lipinski definition) is 2. The predicted molar refractivity (Wildman–Crippen MR) is 106 cm³/mol. The molecule has 1 aromatic carbocycles. The number of fused-ring (bicyclic) bond motifs is 3. The maximum atomic E-state index is 12.7. The fourth-order valence-corrected chi connectivity index (χ4v) is 5.29. The lowest BCUT2D eigenvalue weighted by Crippen LogP contribution is -2.54. The van der Waals surface area contributed by atoms with Gasteiger partial charge in [-0.3, -0.25) is 14.5 Å². The van der Waals surface area contributed by atoms with Gasteiger partial charge >= 0.3 is 5.97 Å². The molecule has 2 N–H and O–H groups in total. The number of amides is 1. The number of carbonyl (C=O) groups is 2. The number of nitrogens with one attached hydrogen (secondary N) is 1. The van der Waals surface area contributed by atoms with Crippen LogP contribution in [0.3, 0.4) is 0 Å². The molecule has 1 fully saturated rings. The fraction of sp³-hybridized carbons (Fsp3) is 0.429. The van der Waals surface area contributed by atoms with Gasteiger partial charge in [-0.2, -0.15) is 0 Å². The van der Waals surface area contributed by atoms with Crippen LogP contribution in [0.2, 0.25) is 0 Å². The highest BCUT2D eigenvalue weighted by molar-refractivity contribution is 7.17. The van der Waals surface area contributed by atoms with Crippen molar-refractivity contribution in [3.05, 3.63) is 46.3 Å². The molecule has 2 aliphatic carbocycles. The molecule has 2 aliphatic rings. The maximum Gasteiger partial charge on any atom is 0.317 e. The van der Waals surface area contributed by atoms with Crippen molar-refractivity contribution in [3.8, 4) is 10.4 Å². The summed E-state index contributed by atoms with van der Waals surface area (Å²) in [5, 5.41) is 12.1. The van der Waals surface area contributed by atoms with Crippen molar-refractivity contribution in [1.29, 1.82) is 0 Å². The molecule has 142 valence electrons. The number of nitrogens with zero attached hydrogens (tertiary/aromatic N) is 1. The van der Waals surface area contributed by atoms with E-state index in [1.165, 1.54) is 21.6 Å². The van der Waals surface area contributed by atoms with E-state index in [9.17, 15) is 9.59 Å². The number of aryl methyl sites for hydroxylation is 2. The maximum absolute atomic E-state index is 12.7. The molecule has 2 aromatic rings. The third-order valence-electron chi connectivity index (χ3n) is 5.67. The van der Waals surface area contributed by atoms with E-state index in [1.54, 1.807) is 11.3 Å². The summed E-state index contributed by atoms with van der Waals surface area (Å²) in [6.45, 7) is 2.76. The van der Waals surface area contributed by atoms with Gasteiger partial charge in [-0.05, 0) is 55.0 Å². The largest absolute Gasteiger partial charge is 0.480 e. The van der Waals surface area contributed by atoms with Crippen LogP contribution < -0.4 is 5.32 Å². The van der Waals surface area contributed by atoms with E-state index in [1.807, 2.05) is 17.9 Å². The van der Waals surface area contributed by atoms with Crippen molar-refractivity contribution in [2.75, 3.05) is 13.1 Å². The Bertz CT molecular complexity index is 870. The average Bonchev–Trinajstić information content (AvgIpc) is 3.07. The SMILES string of the molecule is CCN(CC(=O)O)C1CC(NC(=O)c2cc3c(s2)-c2ccccc2CC3)C1. The number of benzene rings is 1. The summed E-state index contributed by atoms with van der Waals surface area (Å²) in [6.07, 6.45) is 3.66. The highest BCUT2D eigenvalue weighted by atomic mass is 32.1. The van der Waals surface area contributed by atoms with Gasteiger partial charge in [0.05, 0.1) is 11.4 Å². The van der Waals surface area contributed by atoms with Gasteiger partial charge in [-0.15, -0.1) is 11.3 Å². The second-order valence-corrected chi connectivity index (χ2v) is 8.43. The van der Waals surface area contributed by atoms with Gasteiger partial charge in [0.1, 0.15) is 0 Å². The summed E-state index contributed by atoms with van der Waals surface area (Å²) in [5.74, 6) is -0.801. The van der Waals surface area contributed by atoms with Crippen LogP contribution in [-0.4, -0.2) is 47.1 Å². The topological polar surface area (TPSA) is 69.6 Å². The summed E-state index contributed by atoms with van der Waals surface area (Å²) in [5.41, 5.74) is 3.89. The number of carboxylic acid groups (broad SMARTS) is 1. The number of rotatable bonds is 6. The molecule has 1 heterocycles. The molecule has 6 heteroatoms. The minimum absolute atomic E-state index is 0.00314. The van der Waals surface area contributed by atoms with Crippen LogP contribution in [0.15, 0.2) is 30.3 Å². The molecule has 27 heavy (non-hydrogen) atoms. The van der Waals surface area contributed by atoms with E-state index >= 15 is 0 Å². The van der Waals surface area contributed by atoms with Gasteiger partial charge in [0, 0.05) is 17.0 Å². The Labute approximate surface area is 163 Å². The van der Waals surface area contributed by atoms with E-state index in [-0.39, 0.29) is 24.5 Å². The first kappa shape index (κ1) is 18.2. The molecule has 0 bridgehead atoms. The minimum atomic E-state index is -0.797. The van der Waals surface area contributed by atoms with Crippen LogP contribution in [0.25, 0.3) is 10.4 Å². The molecule has 0 unspecified atom stereocenters. The van der Waals surface area contributed by atoms with Gasteiger partial charge in [0.2, 0.25) is 0 Å². The number of hydrogen-bond acceptors (Lipinski definition) is 4. The zero-order chi connectivity index (χ0) is 19.0. The van der Waals surface area contributed by atoms with Gasteiger partial charge in [0.25, 0.3) is 5.91 Å². The van der Waals surface area contributed by atoms with Crippen LogP contribution in [0.1, 0.15) is 40.6 Å². The van der Waals surface area contributed by atoms with Gasteiger partial charge < -0.3 is 10.4 Å². The van der Waals surface area contributed by atoms with Gasteiger partial charge in [0.15, 0.2) is 0 Å². The van der Waals surface area contributed by atoms with Crippen LogP contribution in [0.4, 0.5) is 0 Å². The quantitative estimate of drug-likeness (QED) is 0.803. The van der Waals surface area contributed by atoms with Gasteiger partial charge in [-0.25, -0.2) is 0 Å². The van der Waals surface area contributed by atoms with E-state index in [0.29, 0.717) is 6.54 Å². The third-order valence-corrected chi connectivity index (χ3v) is 6.88. The number of carboxylic acids is 1. The van der Waals surface area contributed by atoms with Crippen LogP contribution in [-0.2, 0) is 17.6 Å². The van der Waals surface area contributed by atoms with Crippen molar-refractivity contribution < 1.29 is 14.7 Å². The monoisotopic (exact) mass is 384 g/mol. The zero-order valence-corrected chi connectivity index (χ0v) is 16.2. The number of likely N-dealkylation sites (N-methyl/N-ethyl adjacent to an activating group) is 1. The number of aliphatic carboxylic acids is 1. The molecule has 0 atom stereocenters. The van der Waals surface area contributed by atoms with E-state index in [2.05, 4.69) is 29.6 Å². The Hall–Kier alpha value is -2.18. The van der Waals surface area contributed by atoms with E-state index in [4.69, 9.17) is 5.11 Å². The predicted octanol–water partition coefficient (Wildman–Crippen LogP) is 3.18. The molecular weight excluding hydrogens is 360 g/mol. The second-order valence-electron chi connectivity index (χ2n) is 7.37. The Morgan fingerprint density at radius 1 is 1.22 bits per heavy atom. The molecule has 0 aliphatic heterocycles. The molecule has 1 saturated carbocycles. The minimum Gasteiger partial charge on any atom is -0.480 e. The molecule has 1 amide bonds. The van der Waals surface area contributed by atoms with Crippen molar-refractivity contribution in [2.24, 2.45) is 0 Å². The first-order valence-corrected chi connectivity index (χ1v) is 10.3. The second kappa shape index (κ2) is 7.44.